The molecule has 0 saturated carbocycles. The van der Waals surface area contributed by atoms with Gasteiger partial charge in [-0.1, -0.05) is 54.2 Å². The van der Waals surface area contributed by atoms with Gasteiger partial charge in [-0.05, 0) is 37.0 Å². The number of carbonyl (C=O) groups is 1. The lowest BCUT2D eigenvalue weighted by molar-refractivity contribution is -0.131. The van der Waals surface area contributed by atoms with Crippen molar-refractivity contribution in [3.63, 3.8) is 0 Å². The molecule has 0 radical (unpaired) electrons. The maximum atomic E-state index is 14.0. The zero-order valence-corrected chi connectivity index (χ0v) is 16.2. The van der Waals surface area contributed by atoms with Gasteiger partial charge in [-0.3, -0.25) is 9.89 Å². The van der Waals surface area contributed by atoms with Gasteiger partial charge in [0.2, 0.25) is 11.1 Å². The fraction of sp³-hybridized carbons (Fsp3) is 0.286. The van der Waals surface area contributed by atoms with Gasteiger partial charge in [0.15, 0.2) is 5.82 Å². The molecule has 3 aromatic rings. The molecule has 0 bridgehead atoms. The van der Waals surface area contributed by atoms with Crippen molar-refractivity contribution in [1.29, 1.82) is 0 Å². The molecule has 2 aromatic carbocycles. The Morgan fingerprint density at radius 3 is 2.50 bits per heavy atom. The van der Waals surface area contributed by atoms with E-state index in [1.807, 2.05) is 35.2 Å². The Hall–Kier alpha value is -2.67. The summed E-state index contributed by atoms with van der Waals surface area (Å²) in [5, 5.41) is 7.01. The van der Waals surface area contributed by atoms with Crippen LogP contribution in [0.25, 0.3) is 11.4 Å². The number of hydrogen-bond acceptors (Lipinski definition) is 4. The van der Waals surface area contributed by atoms with Crippen molar-refractivity contribution in [3.05, 3.63) is 66.0 Å². The van der Waals surface area contributed by atoms with Gasteiger partial charge < -0.3 is 4.90 Å². The van der Waals surface area contributed by atoms with Gasteiger partial charge >= 0.3 is 0 Å². The maximum Gasteiger partial charge on any atom is 0.240 e. The number of carbonyl (C=O) groups excluding carboxylic acids is 1. The third kappa shape index (κ3) is 4.09. The van der Waals surface area contributed by atoms with E-state index in [1.165, 1.54) is 24.2 Å². The lowest BCUT2D eigenvalue weighted by atomic mass is 10.1. The minimum Gasteiger partial charge on any atom is -0.341 e. The maximum absolute atomic E-state index is 14.0. The zero-order valence-electron chi connectivity index (χ0n) is 15.3. The Kier molecular flexibility index (Phi) is 5.71. The largest absolute Gasteiger partial charge is 0.341 e. The first-order chi connectivity index (χ1) is 13.7. The third-order valence-corrected chi connectivity index (χ3v) is 5.91. The highest BCUT2D eigenvalue weighted by Gasteiger charge is 2.29. The van der Waals surface area contributed by atoms with Crippen LogP contribution in [0.4, 0.5) is 4.39 Å². The number of H-pyrrole nitrogens is 1. The summed E-state index contributed by atoms with van der Waals surface area (Å²) in [4.78, 5) is 19.6. The number of halogens is 1. The third-order valence-electron chi connectivity index (χ3n) is 4.81. The van der Waals surface area contributed by atoms with E-state index in [2.05, 4.69) is 15.2 Å². The number of nitrogens with zero attached hydrogens (tertiary/aromatic N) is 3. The molecule has 7 heteroatoms. The second-order valence-corrected chi connectivity index (χ2v) is 7.81. The number of rotatable bonds is 5. The van der Waals surface area contributed by atoms with E-state index in [9.17, 15) is 9.18 Å². The summed E-state index contributed by atoms with van der Waals surface area (Å²) >= 11 is 1.30. The molecule has 1 atom stereocenters. The average molecular weight is 396 g/mol. The topological polar surface area (TPSA) is 61.9 Å². The summed E-state index contributed by atoms with van der Waals surface area (Å²) in [5.41, 5.74) is 1.28. The minimum absolute atomic E-state index is 0.0770. The molecule has 1 aromatic heterocycles. The van der Waals surface area contributed by atoms with E-state index in [0.717, 1.165) is 31.5 Å². The standard InChI is InChI=1S/C21H21FN4OS/c22-17-12-6-5-11-16(17)19-23-21(25-24-19)28-18(15-9-3-1-4-10-15)20(27)26-13-7-2-8-14-26/h1,3-6,9-12,18H,2,7-8,13-14H2,(H,23,24,25)/t18-/m0/s1. The number of nitrogens with one attached hydrogen (secondary N) is 1. The number of aromatic nitrogens is 3. The summed E-state index contributed by atoms with van der Waals surface area (Å²) in [6.45, 7) is 1.58. The molecular formula is C21H21FN4OS. The van der Waals surface area contributed by atoms with Crippen molar-refractivity contribution in [2.75, 3.05) is 13.1 Å². The second-order valence-electron chi connectivity index (χ2n) is 6.74. The number of likely N-dealkylation sites (tertiary alicyclic amines) is 1. The van der Waals surface area contributed by atoms with Crippen molar-refractivity contribution < 1.29 is 9.18 Å². The lowest BCUT2D eigenvalue weighted by Gasteiger charge is -2.30. The SMILES string of the molecule is O=C([C@@H](Sc1n[nH]c(-c2ccccc2F)n1)c1ccccc1)N1CCCCC1. The number of hydrogen-bond donors (Lipinski definition) is 1. The van der Waals surface area contributed by atoms with Crippen LogP contribution in [0.3, 0.4) is 0 Å². The predicted octanol–water partition coefficient (Wildman–Crippen LogP) is 4.46. The molecule has 1 fully saturated rings. The number of benzene rings is 2. The van der Waals surface area contributed by atoms with E-state index in [1.54, 1.807) is 18.2 Å². The van der Waals surface area contributed by atoms with Crippen molar-refractivity contribution in [2.45, 2.75) is 29.7 Å². The van der Waals surface area contributed by atoms with Crippen molar-refractivity contribution >= 4 is 17.7 Å². The van der Waals surface area contributed by atoms with E-state index in [-0.39, 0.29) is 11.7 Å². The molecular weight excluding hydrogens is 375 g/mol. The predicted molar refractivity (Wildman–Crippen MR) is 107 cm³/mol. The van der Waals surface area contributed by atoms with Gasteiger partial charge in [-0.2, -0.15) is 0 Å². The summed E-state index contributed by atoms with van der Waals surface area (Å²) < 4.78 is 14.0. The van der Waals surface area contributed by atoms with Crippen LogP contribution < -0.4 is 0 Å². The molecule has 1 N–H and O–H groups in total. The molecule has 28 heavy (non-hydrogen) atoms. The normalized spacial score (nSPS) is 15.4. The molecule has 144 valence electrons. The van der Waals surface area contributed by atoms with Crippen molar-refractivity contribution in [2.24, 2.45) is 0 Å². The summed E-state index contributed by atoms with van der Waals surface area (Å²) in [5.74, 6) is 0.0742. The van der Waals surface area contributed by atoms with Gasteiger partial charge in [0.05, 0.1) is 5.56 Å². The molecule has 4 rings (SSSR count). The van der Waals surface area contributed by atoms with Crippen molar-refractivity contribution in [3.8, 4) is 11.4 Å². The Labute approximate surface area is 167 Å². The summed E-state index contributed by atoms with van der Waals surface area (Å²) in [6.07, 6.45) is 3.24. The number of aromatic amines is 1. The first kappa shape index (κ1) is 18.7. The zero-order chi connectivity index (χ0) is 19.3. The second kappa shape index (κ2) is 8.56. The van der Waals surface area contributed by atoms with E-state index >= 15 is 0 Å². The van der Waals surface area contributed by atoms with Crippen LogP contribution in [0.2, 0.25) is 0 Å². The molecule has 0 spiro atoms. The average Bonchev–Trinajstić information content (AvgIpc) is 3.21. The molecule has 0 aliphatic carbocycles. The number of amides is 1. The van der Waals surface area contributed by atoms with Gasteiger partial charge in [0.25, 0.3) is 0 Å². The Balaban J connectivity index is 1.59. The monoisotopic (exact) mass is 396 g/mol. The Morgan fingerprint density at radius 2 is 1.75 bits per heavy atom. The van der Waals surface area contributed by atoms with E-state index < -0.39 is 5.25 Å². The molecule has 0 unspecified atom stereocenters. The molecule has 1 aliphatic heterocycles. The molecule has 1 amide bonds. The fourth-order valence-electron chi connectivity index (χ4n) is 3.35. The van der Waals surface area contributed by atoms with E-state index in [0.29, 0.717) is 16.5 Å². The smallest absolute Gasteiger partial charge is 0.240 e. The lowest BCUT2D eigenvalue weighted by Crippen LogP contribution is -2.38. The van der Waals surface area contributed by atoms with Gasteiger partial charge in [-0.25, -0.2) is 9.37 Å². The summed E-state index contributed by atoms with van der Waals surface area (Å²) in [7, 11) is 0. The fourth-order valence-corrected chi connectivity index (χ4v) is 4.34. The van der Waals surface area contributed by atoms with Crippen LogP contribution in [0.15, 0.2) is 59.8 Å². The first-order valence-electron chi connectivity index (χ1n) is 9.40. The number of thioether (sulfide) groups is 1. The van der Waals surface area contributed by atoms with Crippen LogP contribution >= 0.6 is 11.8 Å². The van der Waals surface area contributed by atoms with Crippen LogP contribution in [-0.4, -0.2) is 39.1 Å². The highest BCUT2D eigenvalue weighted by Crippen LogP contribution is 2.36. The Morgan fingerprint density at radius 1 is 1.04 bits per heavy atom. The highest BCUT2D eigenvalue weighted by molar-refractivity contribution is 8.00. The van der Waals surface area contributed by atoms with E-state index in [4.69, 9.17) is 0 Å². The quantitative estimate of drug-likeness (QED) is 0.647. The summed E-state index contributed by atoms with van der Waals surface area (Å²) in [6, 6.07) is 16.1. The van der Waals surface area contributed by atoms with Crippen LogP contribution in [-0.2, 0) is 4.79 Å². The molecule has 1 saturated heterocycles. The molecule has 1 aliphatic rings. The van der Waals surface area contributed by atoms with Gasteiger partial charge in [0, 0.05) is 13.1 Å². The molecule has 5 nitrogen and oxygen atoms in total. The van der Waals surface area contributed by atoms with Crippen molar-refractivity contribution in [1.82, 2.24) is 20.1 Å². The van der Waals surface area contributed by atoms with Crippen LogP contribution in [0, 0.1) is 5.82 Å². The van der Waals surface area contributed by atoms with Crippen LogP contribution in [0.5, 0.6) is 0 Å². The Bertz CT molecular complexity index is 940. The van der Waals surface area contributed by atoms with Crippen LogP contribution in [0.1, 0.15) is 30.1 Å². The first-order valence-corrected chi connectivity index (χ1v) is 10.3. The van der Waals surface area contributed by atoms with Gasteiger partial charge in [0.1, 0.15) is 11.1 Å². The molecule has 2 heterocycles. The minimum atomic E-state index is -0.427. The van der Waals surface area contributed by atoms with Gasteiger partial charge in [-0.15, -0.1) is 5.10 Å². The number of piperidine rings is 1. The highest BCUT2D eigenvalue weighted by atomic mass is 32.2.